The second kappa shape index (κ2) is 5.51. The predicted molar refractivity (Wildman–Crippen MR) is 80.6 cm³/mol. The summed E-state index contributed by atoms with van der Waals surface area (Å²) in [4.78, 5) is 12.3. The maximum Gasteiger partial charge on any atom is 0.268 e. The molecule has 0 aliphatic heterocycles. The molecule has 2 fully saturated rings. The van der Waals surface area contributed by atoms with E-state index < -0.39 is 0 Å². The van der Waals surface area contributed by atoms with Crippen LogP contribution in [0, 0.1) is 11.8 Å². The Labute approximate surface area is 120 Å². The molecule has 2 aliphatic rings. The van der Waals surface area contributed by atoms with Crippen molar-refractivity contribution in [2.75, 3.05) is 12.3 Å². The normalized spacial score (nSPS) is 26.4. The molecule has 3 rings (SSSR count). The van der Waals surface area contributed by atoms with Crippen molar-refractivity contribution < 1.29 is 4.79 Å². The number of nitrogen functional groups attached to an aromatic ring is 1. The molecule has 2 aliphatic carbocycles. The van der Waals surface area contributed by atoms with Gasteiger partial charge in [0.05, 0.1) is 5.69 Å². The lowest BCUT2D eigenvalue weighted by atomic mass is 9.82. The van der Waals surface area contributed by atoms with Gasteiger partial charge in [-0.15, -0.1) is 0 Å². The maximum absolute atomic E-state index is 12.3. The third-order valence-corrected chi connectivity index (χ3v) is 4.64. The molecule has 2 atom stereocenters. The molecule has 0 spiro atoms. The van der Waals surface area contributed by atoms with E-state index in [-0.39, 0.29) is 5.91 Å². The summed E-state index contributed by atoms with van der Waals surface area (Å²) in [6.07, 6.45) is 9.35. The second-order valence-electron chi connectivity index (χ2n) is 6.64. The molecule has 0 aromatic carbocycles. The van der Waals surface area contributed by atoms with Gasteiger partial charge in [0.15, 0.2) is 0 Å². The van der Waals surface area contributed by atoms with Crippen molar-refractivity contribution in [1.82, 2.24) is 9.88 Å². The lowest BCUT2D eigenvalue weighted by molar-refractivity contribution is 0.0931. The van der Waals surface area contributed by atoms with Crippen LogP contribution in [-0.4, -0.2) is 17.0 Å². The number of carbonyl (C=O) groups excluding carboxylic acids is 1. The molecule has 1 amide bonds. The van der Waals surface area contributed by atoms with Crippen LogP contribution >= 0.6 is 0 Å². The molecule has 4 heteroatoms. The van der Waals surface area contributed by atoms with Crippen LogP contribution in [0.4, 0.5) is 5.69 Å². The van der Waals surface area contributed by atoms with Gasteiger partial charge in [0, 0.05) is 18.8 Å². The number of amides is 1. The van der Waals surface area contributed by atoms with Gasteiger partial charge in [0.2, 0.25) is 0 Å². The Morgan fingerprint density at radius 3 is 2.90 bits per heavy atom. The van der Waals surface area contributed by atoms with Crippen LogP contribution in [0.15, 0.2) is 12.3 Å². The molecule has 0 radical (unpaired) electrons. The first-order valence-corrected chi connectivity index (χ1v) is 7.89. The van der Waals surface area contributed by atoms with Gasteiger partial charge in [-0.2, -0.15) is 0 Å². The van der Waals surface area contributed by atoms with E-state index in [9.17, 15) is 4.79 Å². The highest BCUT2D eigenvalue weighted by Gasteiger charge is 2.28. The topological polar surface area (TPSA) is 60.1 Å². The lowest BCUT2D eigenvalue weighted by Gasteiger charge is -2.26. The Balaban J connectivity index is 1.59. The smallest absolute Gasteiger partial charge is 0.268 e. The van der Waals surface area contributed by atoms with Crippen LogP contribution in [-0.2, 0) is 0 Å². The van der Waals surface area contributed by atoms with E-state index >= 15 is 0 Å². The number of aromatic nitrogens is 1. The first kappa shape index (κ1) is 13.5. The number of nitrogens with zero attached hydrogens (tertiary/aromatic N) is 1. The molecule has 0 bridgehead atoms. The van der Waals surface area contributed by atoms with Crippen LogP contribution in [0.1, 0.15) is 62.0 Å². The number of nitrogens with one attached hydrogen (secondary N) is 1. The molecule has 1 aromatic heterocycles. The molecule has 110 valence electrons. The maximum atomic E-state index is 12.3. The van der Waals surface area contributed by atoms with E-state index in [0.29, 0.717) is 17.6 Å². The number of anilines is 1. The van der Waals surface area contributed by atoms with Crippen LogP contribution in [0.2, 0.25) is 0 Å². The Bertz CT molecular complexity index is 490. The molecule has 1 heterocycles. The zero-order chi connectivity index (χ0) is 14.1. The average molecular weight is 275 g/mol. The highest BCUT2D eigenvalue weighted by Crippen LogP contribution is 2.37. The molecule has 2 unspecified atom stereocenters. The first-order valence-electron chi connectivity index (χ1n) is 7.89. The molecule has 1 aromatic rings. The minimum absolute atomic E-state index is 0.0341. The van der Waals surface area contributed by atoms with Crippen molar-refractivity contribution in [1.29, 1.82) is 0 Å². The van der Waals surface area contributed by atoms with E-state index in [2.05, 4.69) is 12.2 Å². The van der Waals surface area contributed by atoms with Gasteiger partial charge in [-0.05, 0) is 43.6 Å². The zero-order valence-corrected chi connectivity index (χ0v) is 12.3. The van der Waals surface area contributed by atoms with E-state index in [4.69, 9.17) is 5.73 Å². The Kier molecular flexibility index (Phi) is 3.72. The minimum Gasteiger partial charge on any atom is -0.397 e. The third kappa shape index (κ3) is 3.00. The van der Waals surface area contributed by atoms with E-state index in [0.717, 1.165) is 31.0 Å². The summed E-state index contributed by atoms with van der Waals surface area (Å²) in [6.45, 7) is 3.12. The molecule has 0 saturated heterocycles. The minimum atomic E-state index is 0.0341. The summed E-state index contributed by atoms with van der Waals surface area (Å²) in [7, 11) is 0. The number of nitrogens with two attached hydrogens (primary N) is 1. The fourth-order valence-corrected chi connectivity index (χ4v) is 3.41. The summed E-state index contributed by atoms with van der Waals surface area (Å²) < 4.78 is 2.05. The Morgan fingerprint density at radius 1 is 1.40 bits per heavy atom. The number of carbonyl (C=O) groups is 1. The van der Waals surface area contributed by atoms with Crippen molar-refractivity contribution in [3.8, 4) is 0 Å². The molecule has 20 heavy (non-hydrogen) atoms. The molecule has 3 N–H and O–H groups in total. The summed E-state index contributed by atoms with van der Waals surface area (Å²) in [5.74, 6) is 1.48. The first-order chi connectivity index (χ1) is 9.63. The van der Waals surface area contributed by atoms with Crippen molar-refractivity contribution in [2.45, 2.75) is 51.5 Å². The standard InChI is InChI=1S/C16H25N3O/c1-11-3-2-4-12(7-11)9-18-16(20)15-8-13(17)10-19(15)14-5-6-14/h8,10-12,14H,2-7,9,17H2,1H3,(H,18,20). The van der Waals surface area contributed by atoms with Gasteiger partial charge in [-0.25, -0.2) is 0 Å². The summed E-state index contributed by atoms with van der Waals surface area (Å²) >= 11 is 0. The zero-order valence-electron chi connectivity index (χ0n) is 12.3. The molecule has 2 saturated carbocycles. The van der Waals surface area contributed by atoms with Crippen LogP contribution in [0.25, 0.3) is 0 Å². The second-order valence-corrected chi connectivity index (χ2v) is 6.64. The number of rotatable bonds is 4. The van der Waals surface area contributed by atoms with E-state index in [1.807, 2.05) is 10.8 Å². The SMILES string of the molecule is CC1CCCC(CNC(=O)c2cc(N)cn2C2CC2)C1. The van der Waals surface area contributed by atoms with E-state index in [1.165, 1.54) is 25.7 Å². The summed E-state index contributed by atoms with van der Waals surface area (Å²) in [5, 5.41) is 3.11. The van der Waals surface area contributed by atoms with Crippen molar-refractivity contribution >= 4 is 11.6 Å². The summed E-state index contributed by atoms with van der Waals surface area (Å²) in [5.41, 5.74) is 7.26. The van der Waals surface area contributed by atoms with Gasteiger partial charge in [-0.3, -0.25) is 4.79 Å². The largest absolute Gasteiger partial charge is 0.397 e. The molecule has 4 nitrogen and oxygen atoms in total. The number of hydrogen-bond acceptors (Lipinski definition) is 2. The van der Waals surface area contributed by atoms with Crippen molar-refractivity contribution in [3.05, 3.63) is 18.0 Å². The lowest BCUT2D eigenvalue weighted by Crippen LogP contribution is -2.32. The number of hydrogen-bond donors (Lipinski definition) is 2. The highest BCUT2D eigenvalue weighted by atomic mass is 16.1. The van der Waals surface area contributed by atoms with Crippen LogP contribution in [0.3, 0.4) is 0 Å². The van der Waals surface area contributed by atoms with Crippen LogP contribution < -0.4 is 11.1 Å². The average Bonchev–Trinajstić information content (AvgIpc) is 3.19. The molecular weight excluding hydrogens is 250 g/mol. The quantitative estimate of drug-likeness (QED) is 0.887. The fourth-order valence-electron chi connectivity index (χ4n) is 3.41. The van der Waals surface area contributed by atoms with Gasteiger partial charge in [0.25, 0.3) is 5.91 Å². The third-order valence-electron chi connectivity index (χ3n) is 4.64. The highest BCUT2D eigenvalue weighted by molar-refractivity contribution is 5.93. The Hall–Kier alpha value is -1.45. The van der Waals surface area contributed by atoms with Crippen molar-refractivity contribution in [3.63, 3.8) is 0 Å². The fraction of sp³-hybridized carbons (Fsp3) is 0.688. The monoisotopic (exact) mass is 275 g/mol. The molecular formula is C16H25N3O. The summed E-state index contributed by atoms with van der Waals surface area (Å²) in [6, 6.07) is 2.29. The van der Waals surface area contributed by atoms with Gasteiger partial charge in [-0.1, -0.05) is 19.8 Å². The van der Waals surface area contributed by atoms with Gasteiger partial charge in [0.1, 0.15) is 5.69 Å². The van der Waals surface area contributed by atoms with Crippen LogP contribution in [0.5, 0.6) is 0 Å². The Morgan fingerprint density at radius 2 is 2.20 bits per heavy atom. The van der Waals surface area contributed by atoms with Crippen molar-refractivity contribution in [2.24, 2.45) is 11.8 Å². The van der Waals surface area contributed by atoms with E-state index in [1.54, 1.807) is 6.07 Å². The van der Waals surface area contributed by atoms with Gasteiger partial charge >= 0.3 is 0 Å². The predicted octanol–water partition coefficient (Wildman–Crippen LogP) is 2.96. The van der Waals surface area contributed by atoms with Gasteiger partial charge < -0.3 is 15.6 Å².